The third-order valence-electron chi connectivity index (χ3n) is 11.6. The van der Waals surface area contributed by atoms with E-state index >= 15 is 0 Å². The van der Waals surface area contributed by atoms with Gasteiger partial charge in [-0.05, 0) is 99.1 Å². The van der Waals surface area contributed by atoms with E-state index in [1.165, 1.54) is 52.1 Å². The van der Waals surface area contributed by atoms with E-state index in [1.807, 2.05) is 36.4 Å². The summed E-state index contributed by atoms with van der Waals surface area (Å²) in [6.07, 6.45) is 16.6. The number of amides is 1. The molecule has 4 N–H and O–H groups in total. The largest absolute Gasteiger partial charge is 0.494 e. The van der Waals surface area contributed by atoms with Crippen LogP contribution in [0.5, 0.6) is 11.5 Å². The van der Waals surface area contributed by atoms with Gasteiger partial charge in [0.15, 0.2) is 0 Å². The summed E-state index contributed by atoms with van der Waals surface area (Å²) in [4.78, 5) is 26.9. The minimum atomic E-state index is -1.41. The summed E-state index contributed by atoms with van der Waals surface area (Å²) < 4.78 is 22.8. The first kappa shape index (κ1) is 44.4. The second-order valence-corrected chi connectivity index (χ2v) is 16.4. The van der Waals surface area contributed by atoms with Crippen molar-refractivity contribution in [2.75, 3.05) is 26.9 Å². The fraction of sp³-hybridized carbons (Fsp3) is 0.696. The van der Waals surface area contributed by atoms with Gasteiger partial charge in [-0.25, -0.2) is 9.59 Å². The van der Waals surface area contributed by atoms with Gasteiger partial charge in [0.1, 0.15) is 17.0 Å². The number of unbranched alkanes of at least 4 members (excludes halogenated alkanes) is 8. The first-order valence-electron chi connectivity index (χ1n) is 21.6. The van der Waals surface area contributed by atoms with Crippen molar-refractivity contribution in [3.8, 4) is 11.5 Å². The zero-order chi connectivity index (χ0) is 39.5. The Morgan fingerprint density at radius 2 is 1.31 bits per heavy atom. The average molecular weight is 765 g/mol. The average Bonchev–Trinajstić information content (AvgIpc) is 4.15. The lowest BCUT2D eigenvalue weighted by atomic mass is 9.70. The van der Waals surface area contributed by atoms with Crippen molar-refractivity contribution in [1.82, 2.24) is 5.32 Å². The number of ether oxygens (including phenoxy) is 4. The van der Waals surface area contributed by atoms with Gasteiger partial charge in [0, 0.05) is 11.5 Å². The Labute approximate surface area is 331 Å². The fourth-order valence-corrected chi connectivity index (χ4v) is 7.88. The van der Waals surface area contributed by atoms with Crippen molar-refractivity contribution < 1.29 is 33.6 Å². The van der Waals surface area contributed by atoms with Crippen LogP contribution in [0.25, 0.3) is 0 Å². The minimum absolute atomic E-state index is 0.115. The Morgan fingerprint density at radius 3 is 1.82 bits per heavy atom. The number of rotatable bonds is 29. The molecule has 2 aromatic carbocycles. The number of hydrogen-bond donors (Lipinski definition) is 3. The molecule has 0 heterocycles. The van der Waals surface area contributed by atoms with Crippen molar-refractivity contribution in [3.63, 3.8) is 0 Å². The van der Waals surface area contributed by atoms with Gasteiger partial charge in [0.25, 0.3) is 0 Å². The molecule has 9 heteroatoms. The van der Waals surface area contributed by atoms with E-state index in [2.05, 4.69) is 31.3 Å². The lowest BCUT2D eigenvalue weighted by Crippen LogP contribution is -2.60. The molecule has 0 aliphatic heterocycles. The van der Waals surface area contributed by atoms with Crippen molar-refractivity contribution >= 4 is 12.1 Å². The van der Waals surface area contributed by atoms with Crippen LogP contribution in [0.1, 0.15) is 153 Å². The Kier molecular flexibility index (Phi) is 18.6. The Bertz CT molecular complexity index is 1390. The van der Waals surface area contributed by atoms with Gasteiger partial charge in [-0.2, -0.15) is 0 Å². The molecule has 0 aromatic heterocycles. The second-order valence-electron chi connectivity index (χ2n) is 16.4. The molecule has 0 spiro atoms. The zero-order valence-corrected chi connectivity index (χ0v) is 34.5. The molecule has 2 fully saturated rings. The Morgan fingerprint density at radius 1 is 0.782 bits per heavy atom. The van der Waals surface area contributed by atoms with Crippen molar-refractivity contribution in [1.29, 1.82) is 0 Å². The molecule has 55 heavy (non-hydrogen) atoms. The predicted octanol–water partition coefficient (Wildman–Crippen LogP) is 9.81. The van der Waals surface area contributed by atoms with Crippen LogP contribution in [0.15, 0.2) is 48.5 Å². The van der Waals surface area contributed by atoms with E-state index in [4.69, 9.17) is 24.7 Å². The number of esters is 1. The molecule has 1 amide bonds. The molecular weight excluding hydrogens is 693 g/mol. The van der Waals surface area contributed by atoms with E-state index < -0.39 is 35.2 Å². The van der Waals surface area contributed by atoms with Gasteiger partial charge < -0.3 is 35.1 Å². The second kappa shape index (κ2) is 23.1. The molecule has 4 rings (SSSR count). The maximum atomic E-state index is 14.0. The molecule has 2 aliphatic rings. The van der Waals surface area contributed by atoms with Gasteiger partial charge in [0.05, 0.1) is 33.0 Å². The van der Waals surface area contributed by atoms with Crippen LogP contribution in [0.4, 0.5) is 4.79 Å². The van der Waals surface area contributed by atoms with Crippen molar-refractivity contribution in [3.05, 3.63) is 59.7 Å². The van der Waals surface area contributed by atoms with Crippen LogP contribution in [-0.2, 0) is 20.7 Å². The van der Waals surface area contributed by atoms with Crippen LogP contribution < -0.4 is 20.5 Å². The zero-order valence-electron chi connectivity index (χ0n) is 34.5. The summed E-state index contributed by atoms with van der Waals surface area (Å²) in [5, 5.41) is 15.6. The predicted molar refractivity (Wildman–Crippen MR) is 220 cm³/mol. The number of carbonyl (C=O) groups is 2. The lowest BCUT2D eigenvalue weighted by molar-refractivity contribution is -0.152. The highest BCUT2D eigenvalue weighted by molar-refractivity contribution is 5.86. The summed E-state index contributed by atoms with van der Waals surface area (Å²) >= 11 is 0. The molecule has 0 bridgehead atoms. The number of benzene rings is 2. The quantitative estimate of drug-likeness (QED) is 0.0552. The van der Waals surface area contributed by atoms with Gasteiger partial charge >= 0.3 is 12.1 Å². The number of hydrogen-bond acceptors (Lipinski definition) is 8. The SMILES string of the molecule is CCCCCCCOc1ccc(CCC(N)(CC2CC2)C(O)C(CC(CC2CC2)(NC(=O)OC)C(=O)OCC)c2ccc(OCCCCCCC)cc2)cc1. The number of aliphatic hydroxyl groups is 1. The van der Waals surface area contributed by atoms with Crippen LogP contribution >= 0.6 is 0 Å². The summed E-state index contributed by atoms with van der Waals surface area (Å²) in [7, 11) is 1.30. The molecule has 0 saturated heterocycles. The van der Waals surface area contributed by atoms with Crippen LogP contribution in [0.3, 0.4) is 0 Å². The third kappa shape index (κ3) is 14.9. The highest BCUT2D eigenvalue weighted by Crippen LogP contribution is 2.46. The minimum Gasteiger partial charge on any atom is -0.494 e. The fourth-order valence-electron chi connectivity index (χ4n) is 7.88. The molecule has 4 unspecified atom stereocenters. The molecule has 4 atom stereocenters. The van der Waals surface area contributed by atoms with E-state index in [0.29, 0.717) is 38.2 Å². The maximum absolute atomic E-state index is 14.0. The number of aliphatic hydroxyl groups excluding tert-OH is 1. The summed E-state index contributed by atoms with van der Waals surface area (Å²) in [5.41, 5.74) is 7.02. The standard InChI is InChI=1S/C46H72N2O7/c1-5-8-10-12-14-30-54-39-24-20-35(21-25-39)28-29-45(47,32-36-16-17-36)42(49)41(38-22-26-40(27-23-38)55-31-15-13-11-9-6-2)34-46(33-37-18-19-37,43(50)53-7-3)48-44(51)52-4/h20-27,36-37,41-42,49H,5-19,28-34,47H2,1-4H3,(H,48,51). The van der Waals surface area contributed by atoms with Crippen LogP contribution in [-0.4, -0.2) is 61.3 Å². The Hall–Kier alpha value is -3.30. The van der Waals surface area contributed by atoms with E-state index in [9.17, 15) is 14.7 Å². The molecular formula is C46H72N2O7. The smallest absolute Gasteiger partial charge is 0.407 e. The van der Waals surface area contributed by atoms with Gasteiger partial charge in [-0.3, -0.25) is 0 Å². The van der Waals surface area contributed by atoms with Crippen molar-refractivity contribution in [2.24, 2.45) is 17.6 Å². The normalized spacial score (nSPS) is 17.3. The van der Waals surface area contributed by atoms with Gasteiger partial charge in [-0.1, -0.05) is 115 Å². The number of nitrogens with two attached hydrogens (primary N) is 1. The van der Waals surface area contributed by atoms with Crippen LogP contribution in [0, 0.1) is 11.8 Å². The van der Waals surface area contributed by atoms with Crippen molar-refractivity contribution in [2.45, 2.75) is 166 Å². The van der Waals surface area contributed by atoms with Crippen LogP contribution in [0.2, 0.25) is 0 Å². The highest BCUT2D eigenvalue weighted by atomic mass is 16.5. The van der Waals surface area contributed by atoms with Gasteiger partial charge in [0.2, 0.25) is 0 Å². The topological polar surface area (TPSA) is 129 Å². The number of alkyl carbamates (subject to hydrolysis) is 1. The molecule has 2 saturated carbocycles. The van der Waals surface area contributed by atoms with Gasteiger partial charge in [-0.15, -0.1) is 0 Å². The number of aryl methyl sites for hydroxylation is 1. The first-order valence-corrected chi connectivity index (χ1v) is 21.6. The maximum Gasteiger partial charge on any atom is 0.407 e. The summed E-state index contributed by atoms with van der Waals surface area (Å²) in [6, 6.07) is 16.1. The molecule has 0 radical (unpaired) electrons. The van der Waals surface area contributed by atoms with E-state index in [-0.39, 0.29) is 18.9 Å². The lowest BCUT2D eigenvalue weighted by Gasteiger charge is -2.43. The molecule has 2 aromatic rings. The third-order valence-corrected chi connectivity index (χ3v) is 11.6. The highest BCUT2D eigenvalue weighted by Gasteiger charge is 2.51. The monoisotopic (exact) mass is 765 g/mol. The molecule has 2 aliphatic carbocycles. The summed E-state index contributed by atoms with van der Waals surface area (Å²) in [6.45, 7) is 7.72. The number of methoxy groups -OCH3 is 1. The van der Waals surface area contributed by atoms with E-state index in [1.54, 1.807) is 6.92 Å². The van der Waals surface area contributed by atoms with E-state index in [0.717, 1.165) is 74.2 Å². The summed E-state index contributed by atoms with van der Waals surface area (Å²) in [5.74, 6) is 1.21. The number of carbonyl (C=O) groups excluding carboxylic acids is 2. The first-order chi connectivity index (χ1) is 26.6. The molecule has 9 nitrogen and oxygen atoms in total. The number of nitrogens with one attached hydrogen (secondary N) is 1. The Balaban J connectivity index is 1.59. The molecule has 308 valence electrons.